The molecule has 0 saturated heterocycles. The smallest absolute Gasteiger partial charge is 0.277 e. The zero-order valence-corrected chi connectivity index (χ0v) is 81.2. The average Bonchev–Trinajstić information content (AvgIpc) is 1.75. The lowest BCUT2D eigenvalue weighted by atomic mass is 10.2. The van der Waals surface area contributed by atoms with Crippen LogP contribution in [0.5, 0.6) is 0 Å². The highest BCUT2D eigenvalue weighted by Crippen LogP contribution is 2.34. The summed E-state index contributed by atoms with van der Waals surface area (Å²) >= 11 is 16.5. The molecule has 0 spiro atoms. The van der Waals surface area contributed by atoms with Crippen LogP contribution >= 0.6 is 93.9 Å². The molecule has 28 nitrogen and oxygen atoms in total. The van der Waals surface area contributed by atoms with Gasteiger partial charge in [-0.3, -0.25) is 34.9 Å². The van der Waals surface area contributed by atoms with Crippen molar-refractivity contribution in [2.45, 2.75) is 105 Å². The van der Waals surface area contributed by atoms with Gasteiger partial charge < -0.3 is 30.9 Å². The molecule has 0 aliphatic carbocycles. The maximum atomic E-state index is 13.1. The minimum Gasteiger partial charge on any atom is -0.411 e. The minimum atomic E-state index is -0.244. The molecule has 14 heterocycles. The van der Waals surface area contributed by atoms with Gasteiger partial charge in [-0.15, -0.1) is 71.4 Å². The lowest BCUT2D eigenvalue weighted by molar-refractivity contribution is 0.465. The zero-order valence-electron chi connectivity index (χ0n) is 74.7. The SMILES string of the molecule is Cc1ccc(CSc2nnc(-c3ccncc3)o2)cc1.Cc1ccc(CSc2nnc(-c3ccncc3)o2)cc1.Cc1ccc(CSc2nnc(-c3ccncc3)o2)cc1.Cc1ccc(CSc2nnc(-c3ccncc3)o2)cc1.Clc1cccc(CSc2nnc(-c3ccncc3)o2)c1.Fc1cccc(CSc2nnc(-c3ccncc3)o2)c1.c1ccc(CSc2nnc(-c3ccncc3)o2)cc1. The van der Waals surface area contributed by atoms with E-state index >= 15 is 0 Å². The van der Waals surface area contributed by atoms with Crippen LogP contribution in [-0.2, 0) is 40.3 Å². The number of pyridine rings is 7. The predicted octanol–water partition coefficient (Wildman–Crippen LogP) is 26.0. The van der Waals surface area contributed by atoms with Gasteiger partial charge in [0.05, 0.1) is 0 Å². The third kappa shape index (κ3) is 32.7. The molecule has 0 radical (unpaired) electrons. The highest BCUT2D eigenvalue weighted by Gasteiger charge is 2.17. The second kappa shape index (κ2) is 53.1. The van der Waals surface area contributed by atoms with E-state index in [1.54, 1.807) is 105 Å². The van der Waals surface area contributed by atoms with Crippen LogP contribution in [0.3, 0.4) is 0 Å². The monoisotopic (exact) mass is 1990 g/mol. The third-order valence-electron chi connectivity index (χ3n) is 19.0. The second-order valence-electron chi connectivity index (χ2n) is 29.5. The Labute approximate surface area is 833 Å². The Morgan fingerprint density at radius 3 is 0.597 bits per heavy atom. The molecule has 0 fully saturated rings. The molecule has 7 aromatic carbocycles. The van der Waals surface area contributed by atoms with E-state index in [0.717, 1.165) is 89.6 Å². The van der Waals surface area contributed by atoms with Crippen molar-refractivity contribution in [3.8, 4) is 80.2 Å². The van der Waals surface area contributed by atoms with Gasteiger partial charge in [0.1, 0.15) is 5.82 Å². The molecule has 14 aromatic heterocycles. The molecular formula is C102H83ClFN21O7S7. The predicted molar refractivity (Wildman–Crippen MR) is 539 cm³/mol. The summed E-state index contributed by atoms with van der Waals surface area (Å²) in [5.41, 5.74) is 19.3. The summed E-state index contributed by atoms with van der Waals surface area (Å²) in [7, 11) is 0. The van der Waals surface area contributed by atoms with Gasteiger partial charge in [0.25, 0.3) is 36.6 Å². The van der Waals surface area contributed by atoms with Crippen molar-refractivity contribution in [1.82, 2.24) is 106 Å². The molecule has 0 aliphatic heterocycles. The summed E-state index contributed by atoms with van der Waals surface area (Å²) in [6.45, 7) is 8.32. The van der Waals surface area contributed by atoms with E-state index in [4.69, 9.17) is 42.5 Å². The van der Waals surface area contributed by atoms with Crippen LogP contribution in [-0.4, -0.2) is 106 Å². The molecule has 694 valence electrons. The summed E-state index contributed by atoms with van der Waals surface area (Å²) in [6.07, 6.45) is 23.8. The maximum Gasteiger partial charge on any atom is 0.277 e. The average molecular weight is 1990 g/mol. The Hall–Kier alpha value is -14.8. The van der Waals surface area contributed by atoms with Crippen molar-refractivity contribution < 1.29 is 35.3 Å². The fraction of sp³-hybridized carbons (Fsp3) is 0.108. The van der Waals surface area contributed by atoms with Crippen LogP contribution in [0, 0.1) is 33.5 Å². The molecule has 0 bridgehead atoms. The molecule has 0 atom stereocenters. The summed E-state index contributed by atoms with van der Waals surface area (Å²) in [6, 6.07) is 83.8. The minimum absolute atomic E-state index is 0.244. The van der Waals surface area contributed by atoms with Gasteiger partial charge in [0.15, 0.2) is 0 Å². The Kier molecular flexibility index (Phi) is 37.7. The number of aryl methyl sites for hydroxylation is 4. The quantitative estimate of drug-likeness (QED) is 0.0411. The van der Waals surface area contributed by atoms with Gasteiger partial charge in [-0.1, -0.05) is 268 Å². The highest BCUT2D eigenvalue weighted by molar-refractivity contribution is 7.99. The summed E-state index contributed by atoms with van der Waals surface area (Å²) < 4.78 is 52.3. The topological polar surface area (TPSA) is 363 Å². The first-order chi connectivity index (χ1) is 68.3. The van der Waals surface area contributed by atoms with Crippen molar-refractivity contribution in [3.05, 3.63) is 420 Å². The molecule has 21 rings (SSSR count). The number of rotatable bonds is 28. The standard InChI is InChI=1S/4C15H13N3OS.C14H10ClN3OS.C14H10FN3OS.C14H11N3OS/c4*1-11-2-4-12(5-3-11)10-20-15-18-17-14(19-15)13-6-8-16-9-7-13;2*15-12-3-1-2-10(8-12)9-20-14-18-17-13(19-14)11-4-6-16-7-5-11;1-2-4-11(5-3-1)10-19-14-17-16-13(18-14)12-6-8-15-9-7-12/h4*2-9H,10H2,1H3;2*1-8H,9H2;1-9H,10H2. The first kappa shape index (κ1) is 98.7. The molecule has 21 aromatic rings. The van der Waals surface area contributed by atoms with Gasteiger partial charge in [-0.25, -0.2) is 4.39 Å². The van der Waals surface area contributed by atoms with E-state index in [9.17, 15) is 4.39 Å². The number of hydrogen-bond acceptors (Lipinski definition) is 35. The zero-order chi connectivity index (χ0) is 95.6. The van der Waals surface area contributed by atoms with Crippen LogP contribution in [0.25, 0.3) is 80.2 Å². The van der Waals surface area contributed by atoms with E-state index in [1.165, 1.54) is 145 Å². The fourth-order valence-electron chi connectivity index (χ4n) is 11.7. The van der Waals surface area contributed by atoms with Crippen LogP contribution < -0.4 is 0 Å². The molecule has 0 amide bonds. The molecule has 0 aliphatic rings. The lowest BCUT2D eigenvalue weighted by Gasteiger charge is -1.98. The number of hydrogen-bond donors (Lipinski definition) is 0. The van der Waals surface area contributed by atoms with Gasteiger partial charge in [-0.2, -0.15) is 0 Å². The first-order valence-corrected chi connectivity index (χ1v) is 49.9. The van der Waals surface area contributed by atoms with Crippen LogP contribution in [0.2, 0.25) is 5.02 Å². The fourth-order valence-corrected chi connectivity index (χ4v) is 17.0. The Bertz CT molecular complexity index is 6560. The molecule has 0 N–H and O–H groups in total. The molecule has 139 heavy (non-hydrogen) atoms. The van der Waals surface area contributed by atoms with E-state index < -0.39 is 0 Å². The van der Waals surface area contributed by atoms with Crippen LogP contribution in [0.15, 0.2) is 415 Å². The highest BCUT2D eigenvalue weighted by atomic mass is 35.5. The van der Waals surface area contributed by atoms with Crippen molar-refractivity contribution in [2.75, 3.05) is 0 Å². The number of nitrogens with zero attached hydrogens (tertiary/aromatic N) is 21. The van der Waals surface area contributed by atoms with E-state index in [2.05, 4.69) is 243 Å². The summed E-state index contributed by atoms with van der Waals surface area (Å²) in [5.74, 6) is 8.74. The van der Waals surface area contributed by atoms with Gasteiger partial charge in [0.2, 0.25) is 41.2 Å². The van der Waals surface area contributed by atoms with Crippen LogP contribution in [0.4, 0.5) is 4.39 Å². The van der Waals surface area contributed by atoms with Crippen molar-refractivity contribution in [2.24, 2.45) is 0 Å². The second-order valence-corrected chi connectivity index (χ2v) is 36.4. The number of aromatic nitrogens is 21. The Balaban J connectivity index is 0.000000123. The van der Waals surface area contributed by atoms with Crippen molar-refractivity contribution in [3.63, 3.8) is 0 Å². The number of benzene rings is 7. The molecule has 0 saturated carbocycles. The largest absolute Gasteiger partial charge is 0.411 e. The van der Waals surface area contributed by atoms with E-state index in [-0.39, 0.29) is 5.82 Å². The first-order valence-electron chi connectivity index (χ1n) is 42.6. The van der Waals surface area contributed by atoms with E-state index in [0.29, 0.717) is 83.5 Å². The third-order valence-corrected chi connectivity index (χ3v) is 25.4. The van der Waals surface area contributed by atoms with Crippen molar-refractivity contribution in [1.29, 1.82) is 0 Å². The Morgan fingerprint density at radius 2 is 0.388 bits per heavy atom. The molecule has 37 heteroatoms. The van der Waals surface area contributed by atoms with Gasteiger partial charge in [0, 0.05) is 171 Å². The summed E-state index contributed by atoms with van der Waals surface area (Å²) in [4.78, 5) is 27.7. The Morgan fingerprint density at radius 1 is 0.201 bits per heavy atom. The maximum absolute atomic E-state index is 13.1. The van der Waals surface area contributed by atoms with Crippen molar-refractivity contribution >= 4 is 93.9 Å². The molecular weight excluding hydrogens is 1910 g/mol. The lowest BCUT2D eigenvalue weighted by Crippen LogP contribution is -1.82. The van der Waals surface area contributed by atoms with Gasteiger partial charge in [-0.05, 0) is 176 Å². The summed E-state index contributed by atoms with van der Waals surface area (Å²) in [5, 5.41) is 61.1. The normalized spacial score (nSPS) is 10.6. The van der Waals surface area contributed by atoms with E-state index in [1.807, 2.05) is 121 Å². The number of halogens is 2. The van der Waals surface area contributed by atoms with Crippen LogP contribution in [0.1, 0.15) is 61.2 Å². The van der Waals surface area contributed by atoms with Gasteiger partial charge >= 0.3 is 0 Å². The molecule has 0 unspecified atom stereocenters. The number of thioether (sulfide) groups is 7.